The molecule has 34 heavy (non-hydrogen) atoms. The van der Waals surface area contributed by atoms with Crippen molar-refractivity contribution in [2.45, 2.75) is 0 Å². The molecule has 0 N–H and O–H groups in total. The highest BCUT2D eigenvalue weighted by Crippen LogP contribution is 2.39. The zero-order chi connectivity index (χ0) is 22.8. The molecular weight excluding hydrogens is 469 g/mol. The Labute approximate surface area is 202 Å². The molecule has 0 fully saturated rings. The lowest BCUT2D eigenvalue weighted by Gasteiger charge is -2.05. The highest BCUT2D eigenvalue weighted by Gasteiger charge is 2.17. The van der Waals surface area contributed by atoms with Crippen LogP contribution in [0.5, 0.6) is 0 Å². The van der Waals surface area contributed by atoms with Crippen molar-refractivity contribution in [3.8, 4) is 22.5 Å². The molecule has 3 aromatic heterocycles. The van der Waals surface area contributed by atoms with Crippen LogP contribution in [-0.4, -0.2) is 15.0 Å². The van der Waals surface area contributed by atoms with Crippen LogP contribution in [0.25, 0.3) is 66.4 Å². The Hall–Kier alpha value is -3.93. The molecule has 0 aliphatic heterocycles. The van der Waals surface area contributed by atoms with E-state index in [0.29, 0.717) is 5.82 Å². The molecule has 4 aromatic carbocycles. The zero-order valence-corrected chi connectivity index (χ0v) is 18.9. The number of para-hydroxylation sites is 1. The van der Waals surface area contributed by atoms with Gasteiger partial charge in [0.2, 0.25) is 10.6 Å². The van der Waals surface area contributed by atoms with Crippen molar-refractivity contribution in [2.75, 3.05) is 0 Å². The standard InChI is InChI=1S/C27H13Cl2N3O2/c28-26-30-25(31-27(29)32-26)17-5-3-7-23-24(17)19-13-15(9-11-22(19)34-23)14-8-10-21-18(12-14)16-4-1-2-6-20(16)33-21/h1-13H. The first-order valence-electron chi connectivity index (χ1n) is 10.6. The van der Waals surface area contributed by atoms with E-state index in [4.69, 9.17) is 32.0 Å². The van der Waals surface area contributed by atoms with Crippen molar-refractivity contribution in [2.24, 2.45) is 0 Å². The van der Waals surface area contributed by atoms with Crippen LogP contribution in [0.4, 0.5) is 0 Å². The smallest absolute Gasteiger partial charge is 0.227 e. The lowest BCUT2D eigenvalue weighted by molar-refractivity contribution is 0.668. The number of hydrogen-bond acceptors (Lipinski definition) is 5. The number of halogens is 2. The second-order valence-electron chi connectivity index (χ2n) is 8.00. The lowest BCUT2D eigenvalue weighted by Crippen LogP contribution is -1.94. The van der Waals surface area contributed by atoms with Crippen LogP contribution in [0.3, 0.4) is 0 Å². The maximum atomic E-state index is 6.13. The predicted octanol–water partition coefficient (Wildman–Crippen LogP) is 8.31. The van der Waals surface area contributed by atoms with Gasteiger partial charge in [-0.15, -0.1) is 0 Å². The highest BCUT2D eigenvalue weighted by molar-refractivity contribution is 6.31. The second kappa shape index (κ2) is 7.29. The Morgan fingerprint density at radius 2 is 1.15 bits per heavy atom. The number of hydrogen-bond donors (Lipinski definition) is 0. The minimum absolute atomic E-state index is 0.0427. The molecule has 0 aliphatic carbocycles. The molecule has 0 unspecified atom stereocenters. The first-order valence-corrected chi connectivity index (χ1v) is 11.3. The monoisotopic (exact) mass is 481 g/mol. The summed E-state index contributed by atoms with van der Waals surface area (Å²) >= 11 is 12.1. The highest BCUT2D eigenvalue weighted by atomic mass is 35.5. The minimum atomic E-state index is 0.0427. The van der Waals surface area contributed by atoms with Crippen LogP contribution in [0.1, 0.15) is 0 Å². The summed E-state index contributed by atoms with van der Waals surface area (Å²) < 4.78 is 12.1. The third-order valence-corrected chi connectivity index (χ3v) is 6.36. The van der Waals surface area contributed by atoms with Gasteiger partial charge in [-0.05, 0) is 70.7 Å². The largest absolute Gasteiger partial charge is 0.456 e. The molecule has 0 atom stereocenters. The van der Waals surface area contributed by atoms with Crippen molar-refractivity contribution in [1.29, 1.82) is 0 Å². The van der Waals surface area contributed by atoms with Crippen LogP contribution in [0.15, 0.2) is 87.7 Å². The van der Waals surface area contributed by atoms with E-state index >= 15 is 0 Å². The molecule has 0 amide bonds. The van der Waals surface area contributed by atoms with Gasteiger partial charge in [-0.3, -0.25) is 0 Å². The number of furan rings is 2. The van der Waals surface area contributed by atoms with Gasteiger partial charge in [0.1, 0.15) is 22.3 Å². The Morgan fingerprint density at radius 1 is 0.529 bits per heavy atom. The zero-order valence-electron chi connectivity index (χ0n) is 17.4. The molecule has 0 spiro atoms. The molecule has 7 rings (SSSR count). The number of benzene rings is 4. The maximum Gasteiger partial charge on any atom is 0.227 e. The van der Waals surface area contributed by atoms with Gasteiger partial charge in [0.15, 0.2) is 5.82 Å². The SMILES string of the molecule is Clc1nc(Cl)nc(-c2cccc3oc4ccc(-c5ccc6oc7ccccc7c6c5)cc4c23)n1. The van der Waals surface area contributed by atoms with Crippen molar-refractivity contribution in [3.63, 3.8) is 0 Å². The molecule has 7 aromatic rings. The van der Waals surface area contributed by atoms with E-state index in [9.17, 15) is 0 Å². The maximum absolute atomic E-state index is 6.13. The average molecular weight is 482 g/mol. The van der Waals surface area contributed by atoms with E-state index in [1.807, 2.05) is 48.5 Å². The van der Waals surface area contributed by atoms with Gasteiger partial charge in [-0.2, -0.15) is 15.0 Å². The van der Waals surface area contributed by atoms with E-state index in [1.54, 1.807) is 0 Å². The van der Waals surface area contributed by atoms with Crippen molar-refractivity contribution < 1.29 is 8.83 Å². The Bertz CT molecular complexity index is 1890. The molecule has 3 heterocycles. The molecule has 0 bridgehead atoms. The van der Waals surface area contributed by atoms with Gasteiger partial charge in [-0.25, -0.2) is 0 Å². The third kappa shape index (κ3) is 2.98. The van der Waals surface area contributed by atoms with Crippen molar-refractivity contribution in [3.05, 3.63) is 89.4 Å². The van der Waals surface area contributed by atoms with Gasteiger partial charge in [0.25, 0.3) is 0 Å². The second-order valence-corrected chi connectivity index (χ2v) is 8.67. The van der Waals surface area contributed by atoms with E-state index in [0.717, 1.165) is 60.6 Å². The van der Waals surface area contributed by atoms with E-state index in [-0.39, 0.29) is 10.6 Å². The Morgan fingerprint density at radius 3 is 1.94 bits per heavy atom. The van der Waals surface area contributed by atoms with Gasteiger partial charge in [0.05, 0.1) is 0 Å². The normalized spacial score (nSPS) is 11.8. The average Bonchev–Trinajstić information content (AvgIpc) is 3.40. The van der Waals surface area contributed by atoms with Crippen LogP contribution >= 0.6 is 23.2 Å². The van der Waals surface area contributed by atoms with Gasteiger partial charge < -0.3 is 8.83 Å². The van der Waals surface area contributed by atoms with Crippen LogP contribution < -0.4 is 0 Å². The quantitative estimate of drug-likeness (QED) is 0.248. The van der Waals surface area contributed by atoms with Gasteiger partial charge >= 0.3 is 0 Å². The molecular formula is C27H13Cl2N3O2. The van der Waals surface area contributed by atoms with E-state index in [1.165, 1.54) is 0 Å². The van der Waals surface area contributed by atoms with Crippen molar-refractivity contribution >= 4 is 67.1 Å². The van der Waals surface area contributed by atoms with Crippen LogP contribution in [0, 0.1) is 0 Å². The van der Waals surface area contributed by atoms with E-state index < -0.39 is 0 Å². The molecule has 0 saturated heterocycles. The number of aromatic nitrogens is 3. The third-order valence-electron chi connectivity index (χ3n) is 6.03. The molecule has 0 saturated carbocycles. The summed E-state index contributed by atoms with van der Waals surface area (Å²) in [6.07, 6.45) is 0. The number of fused-ring (bicyclic) bond motifs is 6. The minimum Gasteiger partial charge on any atom is -0.456 e. The lowest BCUT2D eigenvalue weighted by atomic mass is 9.99. The number of nitrogens with zero attached hydrogens (tertiary/aromatic N) is 3. The fraction of sp³-hybridized carbons (Fsp3) is 0. The summed E-state index contributed by atoms with van der Waals surface area (Å²) in [5.41, 5.74) is 6.16. The first-order chi connectivity index (χ1) is 16.6. The molecule has 0 radical (unpaired) electrons. The fourth-order valence-corrected chi connectivity index (χ4v) is 4.91. The molecule has 5 nitrogen and oxygen atoms in total. The van der Waals surface area contributed by atoms with E-state index in [2.05, 4.69) is 45.3 Å². The summed E-state index contributed by atoms with van der Waals surface area (Å²) in [7, 11) is 0. The van der Waals surface area contributed by atoms with Gasteiger partial charge in [0, 0.05) is 27.1 Å². The Balaban J connectivity index is 1.47. The Kier molecular flexibility index (Phi) is 4.19. The van der Waals surface area contributed by atoms with Crippen LogP contribution in [-0.2, 0) is 0 Å². The fourth-order valence-electron chi connectivity index (χ4n) is 4.54. The molecule has 7 heteroatoms. The number of rotatable bonds is 2. The summed E-state index contributed by atoms with van der Waals surface area (Å²) in [6.45, 7) is 0. The molecule has 0 aliphatic rings. The summed E-state index contributed by atoms with van der Waals surface area (Å²) in [4.78, 5) is 12.4. The predicted molar refractivity (Wildman–Crippen MR) is 135 cm³/mol. The first kappa shape index (κ1) is 19.5. The molecule has 162 valence electrons. The van der Waals surface area contributed by atoms with Crippen molar-refractivity contribution in [1.82, 2.24) is 15.0 Å². The summed E-state index contributed by atoms with van der Waals surface area (Å²) in [5, 5.41) is 4.11. The van der Waals surface area contributed by atoms with Gasteiger partial charge in [-0.1, -0.05) is 42.5 Å². The topological polar surface area (TPSA) is 65.0 Å². The van der Waals surface area contributed by atoms with Crippen LogP contribution in [0.2, 0.25) is 10.6 Å². The summed E-state index contributed by atoms with van der Waals surface area (Å²) in [6, 6.07) is 26.2. The summed E-state index contributed by atoms with van der Waals surface area (Å²) in [5.74, 6) is 0.398.